The minimum absolute atomic E-state index is 0. The molecule has 2 amide bonds. The highest BCUT2D eigenvalue weighted by Crippen LogP contribution is 2.24. The number of anilines is 1. The molecular formula is C16H21Cl2N3O2. The Kier molecular flexibility index (Phi) is 6.27. The van der Waals surface area contributed by atoms with E-state index >= 15 is 0 Å². The van der Waals surface area contributed by atoms with E-state index in [0.29, 0.717) is 18.0 Å². The summed E-state index contributed by atoms with van der Waals surface area (Å²) in [6, 6.07) is 6.63. The van der Waals surface area contributed by atoms with Gasteiger partial charge in [-0.05, 0) is 44.0 Å². The van der Waals surface area contributed by atoms with Gasteiger partial charge in [0.1, 0.15) is 6.04 Å². The van der Waals surface area contributed by atoms with Gasteiger partial charge >= 0.3 is 0 Å². The van der Waals surface area contributed by atoms with Crippen LogP contribution in [0, 0.1) is 0 Å². The second-order valence-electron chi connectivity index (χ2n) is 5.82. The lowest BCUT2D eigenvalue weighted by atomic mass is 10.0. The van der Waals surface area contributed by atoms with Crippen molar-refractivity contribution in [1.82, 2.24) is 10.6 Å². The molecule has 1 aromatic carbocycles. The Balaban J connectivity index is 0.00000192. The van der Waals surface area contributed by atoms with Gasteiger partial charge in [-0.3, -0.25) is 9.59 Å². The van der Waals surface area contributed by atoms with E-state index in [1.165, 1.54) is 0 Å². The fourth-order valence-electron chi connectivity index (χ4n) is 3.06. The number of carbonyl (C=O) groups is 2. The van der Waals surface area contributed by atoms with Gasteiger partial charge in [-0.2, -0.15) is 0 Å². The molecule has 0 bridgehead atoms. The number of halogens is 2. The van der Waals surface area contributed by atoms with Crippen molar-refractivity contribution >= 4 is 41.5 Å². The minimum Gasteiger partial charge on any atom is -0.343 e. The summed E-state index contributed by atoms with van der Waals surface area (Å²) in [4.78, 5) is 26.4. The number of hydrogen-bond acceptors (Lipinski definition) is 3. The number of carbonyl (C=O) groups excluding carboxylic acids is 2. The number of benzene rings is 1. The van der Waals surface area contributed by atoms with Crippen molar-refractivity contribution in [3.63, 3.8) is 0 Å². The molecule has 126 valence electrons. The van der Waals surface area contributed by atoms with Gasteiger partial charge in [0.25, 0.3) is 0 Å². The average Bonchev–Trinajstić information content (AvgIpc) is 2.89. The van der Waals surface area contributed by atoms with Gasteiger partial charge in [0.2, 0.25) is 11.8 Å². The second kappa shape index (κ2) is 7.99. The molecule has 2 atom stereocenters. The molecule has 5 nitrogen and oxygen atoms in total. The van der Waals surface area contributed by atoms with E-state index in [4.69, 9.17) is 11.6 Å². The van der Waals surface area contributed by atoms with Crippen molar-refractivity contribution in [3.05, 3.63) is 29.3 Å². The van der Waals surface area contributed by atoms with Gasteiger partial charge in [0.15, 0.2) is 0 Å². The van der Waals surface area contributed by atoms with Gasteiger partial charge in [-0.25, -0.2) is 0 Å². The van der Waals surface area contributed by atoms with Gasteiger partial charge in [-0.1, -0.05) is 24.1 Å². The summed E-state index contributed by atoms with van der Waals surface area (Å²) in [5, 5.41) is 6.69. The van der Waals surface area contributed by atoms with Crippen LogP contribution in [0.5, 0.6) is 0 Å². The summed E-state index contributed by atoms with van der Waals surface area (Å²) in [6.07, 6.45) is 3.63. The standard InChI is InChI=1S/C16H20ClN3O2.ClH/c17-11-4-3-5-12(10-11)20-9-7-14(16(20)22)19-15(21)13-6-1-2-8-18-13;/h3-5,10,13-14,18H,1-2,6-9H2,(H,19,21);1H. The van der Waals surface area contributed by atoms with Gasteiger partial charge in [0.05, 0.1) is 6.04 Å². The van der Waals surface area contributed by atoms with E-state index in [1.54, 1.807) is 17.0 Å². The second-order valence-corrected chi connectivity index (χ2v) is 6.26. The predicted molar refractivity (Wildman–Crippen MR) is 93.2 cm³/mol. The monoisotopic (exact) mass is 357 g/mol. The van der Waals surface area contributed by atoms with Crippen LogP contribution in [0.25, 0.3) is 0 Å². The summed E-state index contributed by atoms with van der Waals surface area (Å²) in [6.45, 7) is 1.47. The third-order valence-corrected chi connectivity index (χ3v) is 4.50. The van der Waals surface area contributed by atoms with Crippen molar-refractivity contribution in [3.8, 4) is 0 Å². The summed E-state index contributed by atoms with van der Waals surface area (Å²) < 4.78 is 0. The first kappa shape index (κ1) is 18.0. The smallest absolute Gasteiger partial charge is 0.249 e. The van der Waals surface area contributed by atoms with E-state index in [2.05, 4.69) is 10.6 Å². The average molecular weight is 358 g/mol. The molecule has 2 aliphatic heterocycles. The number of nitrogens with one attached hydrogen (secondary N) is 2. The lowest BCUT2D eigenvalue weighted by Crippen LogP contribution is -2.51. The Morgan fingerprint density at radius 1 is 1.30 bits per heavy atom. The zero-order valence-corrected chi connectivity index (χ0v) is 14.3. The zero-order valence-electron chi connectivity index (χ0n) is 12.8. The molecule has 0 saturated carbocycles. The molecule has 2 saturated heterocycles. The fraction of sp³-hybridized carbons (Fsp3) is 0.500. The van der Waals surface area contributed by atoms with Crippen LogP contribution in [-0.4, -0.2) is 37.0 Å². The molecule has 0 spiro atoms. The Labute approximate surface area is 147 Å². The largest absolute Gasteiger partial charge is 0.343 e. The highest BCUT2D eigenvalue weighted by molar-refractivity contribution is 6.31. The molecule has 2 N–H and O–H groups in total. The minimum atomic E-state index is -0.435. The van der Waals surface area contributed by atoms with E-state index in [1.807, 2.05) is 12.1 Å². The van der Waals surface area contributed by atoms with Crippen LogP contribution in [-0.2, 0) is 9.59 Å². The number of piperidine rings is 1. The van der Waals surface area contributed by atoms with Crippen LogP contribution in [0.3, 0.4) is 0 Å². The van der Waals surface area contributed by atoms with Crippen LogP contribution in [0.1, 0.15) is 25.7 Å². The molecule has 3 rings (SSSR count). The molecule has 1 aromatic rings. The Morgan fingerprint density at radius 2 is 2.13 bits per heavy atom. The van der Waals surface area contributed by atoms with Gasteiger partial charge in [0, 0.05) is 17.3 Å². The molecule has 0 aromatic heterocycles. The topological polar surface area (TPSA) is 61.4 Å². The molecule has 0 radical (unpaired) electrons. The van der Waals surface area contributed by atoms with Gasteiger partial charge < -0.3 is 15.5 Å². The summed E-state index contributed by atoms with van der Waals surface area (Å²) in [5.74, 6) is -0.127. The van der Waals surface area contributed by atoms with Crippen molar-refractivity contribution < 1.29 is 9.59 Å². The molecule has 2 fully saturated rings. The van der Waals surface area contributed by atoms with E-state index in [0.717, 1.165) is 31.5 Å². The first-order chi connectivity index (χ1) is 10.6. The van der Waals surface area contributed by atoms with Crippen molar-refractivity contribution in [2.75, 3.05) is 18.0 Å². The zero-order chi connectivity index (χ0) is 15.5. The quantitative estimate of drug-likeness (QED) is 0.870. The van der Waals surface area contributed by atoms with Crippen LogP contribution >= 0.6 is 24.0 Å². The predicted octanol–water partition coefficient (Wildman–Crippen LogP) is 2.13. The normalized spacial score (nSPS) is 24.2. The van der Waals surface area contributed by atoms with Gasteiger partial charge in [-0.15, -0.1) is 12.4 Å². The van der Waals surface area contributed by atoms with Crippen LogP contribution < -0.4 is 15.5 Å². The summed E-state index contributed by atoms with van der Waals surface area (Å²) in [7, 11) is 0. The third-order valence-electron chi connectivity index (χ3n) is 4.27. The maximum atomic E-state index is 12.5. The maximum absolute atomic E-state index is 12.5. The van der Waals surface area contributed by atoms with E-state index in [-0.39, 0.29) is 30.3 Å². The van der Waals surface area contributed by atoms with Crippen LogP contribution in [0.4, 0.5) is 5.69 Å². The molecule has 7 heteroatoms. The maximum Gasteiger partial charge on any atom is 0.249 e. The number of amides is 2. The van der Waals surface area contributed by atoms with Crippen molar-refractivity contribution in [1.29, 1.82) is 0 Å². The Bertz CT molecular complexity index is 576. The molecule has 2 aliphatic rings. The highest BCUT2D eigenvalue weighted by atomic mass is 35.5. The lowest BCUT2D eigenvalue weighted by Gasteiger charge is -2.24. The van der Waals surface area contributed by atoms with E-state index < -0.39 is 6.04 Å². The first-order valence-electron chi connectivity index (χ1n) is 7.76. The fourth-order valence-corrected chi connectivity index (χ4v) is 3.25. The van der Waals surface area contributed by atoms with Crippen molar-refractivity contribution in [2.45, 2.75) is 37.8 Å². The molecular weight excluding hydrogens is 337 g/mol. The molecule has 23 heavy (non-hydrogen) atoms. The Hall–Kier alpha value is -1.30. The third kappa shape index (κ3) is 4.16. The van der Waals surface area contributed by atoms with Crippen LogP contribution in [0.15, 0.2) is 24.3 Å². The SMILES string of the molecule is Cl.O=C(NC1CCN(c2cccc(Cl)c2)C1=O)C1CCCCN1. The van der Waals surface area contributed by atoms with E-state index in [9.17, 15) is 9.59 Å². The number of hydrogen-bond donors (Lipinski definition) is 2. The highest BCUT2D eigenvalue weighted by Gasteiger charge is 2.35. The first-order valence-corrected chi connectivity index (χ1v) is 8.13. The number of nitrogens with zero attached hydrogens (tertiary/aromatic N) is 1. The van der Waals surface area contributed by atoms with Crippen molar-refractivity contribution in [2.24, 2.45) is 0 Å². The summed E-state index contributed by atoms with van der Waals surface area (Å²) >= 11 is 5.98. The molecule has 2 unspecified atom stereocenters. The lowest BCUT2D eigenvalue weighted by molar-refractivity contribution is -0.128. The number of rotatable bonds is 3. The Morgan fingerprint density at radius 3 is 2.83 bits per heavy atom. The van der Waals surface area contributed by atoms with Crippen LogP contribution in [0.2, 0.25) is 5.02 Å². The summed E-state index contributed by atoms with van der Waals surface area (Å²) in [5.41, 5.74) is 0.782. The molecule has 0 aliphatic carbocycles. The molecule has 2 heterocycles.